The van der Waals surface area contributed by atoms with E-state index >= 15 is 0 Å². The number of amides is 1. The van der Waals surface area contributed by atoms with Crippen LogP contribution in [0.5, 0.6) is 0 Å². The first kappa shape index (κ1) is 18.9. The highest BCUT2D eigenvalue weighted by atomic mass is 16.2. The summed E-state index contributed by atoms with van der Waals surface area (Å²) in [6, 6.07) is 15.3. The lowest BCUT2D eigenvalue weighted by molar-refractivity contribution is -0.120. The highest BCUT2D eigenvalue weighted by Crippen LogP contribution is 2.24. The van der Waals surface area contributed by atoms with E-state index in [9.17, 15) is 4.79 Å². The molecule has 0 radical (unpaired) electrons. The van der Waals surface area contributed by atoms with Gasteiger partial charge in [-0.25, -0.2) is 0 Å². The number of nitriles is 1. The van der Waals surface area contributed by atoms with Crippen molar-refractivity contribution >= 4 is 17.3 Å². The highest BCUT2D eigenvalue weighted by Gasteiger charge is 2.26. The maximum absolute atomic E-state index is 12.6. The van der Waals surface area contributed by atoms with Crippen LogP contribution in [0.15, 0.2) is 42.5 Å². The van der Waals surface area contributed by atoms with Gasteiger partial charge in [-0.05, 0) is 56.2 Å². The lowest BCUT2D eigenvalue weighted by atomic mass is 10.1. The number of hydrogen-bond donors (Lipinski definition) is 1. The van der Waals surface area contributed by atoms with E-state index in [1.165, 1.54) is 16.8 Å². The van der Waals surface area contributed by atoms with Crippen LogP contribution in [0, 0.1) is 25.2 Å². The molecule has 0 spiro atoms. The van der Waals surface area contributed by atoms with Crippen LogP contribution in [0.3, 0.4) is 0 Å². The Kier molecular flexibility index (Phi) is 5.78. The van der Waals surface area contributed by atoms with Crippen LogP contribution in [0.4, 0.5) is 11.4 Å². The number of benzene rings is 2. The number of anilines is 2. The number of carbonyl (C=O) groups is 1. The van der Waals surface area contributed by atoms with Gasteiger partial charge in [0.25, 0.3) is 0 Å². The van der Waals surface area contributed by atoms with Gasteiger partial charge in [0.05, 0.1) is 17.7 Å². The first-order chi connectivity index (χ1) is 13.0. The molecule has 1 atom stereocenters. The van der Waals surface area contributed by atoms with Gasteiger partial charge in [-0.15, -0.1) is 0 Å². The Bertz CT molecular complexity index is 863. The highest BCUT2D eigenvalue weighted by molar-refractivity contribution is 5.94. The molecule has 5 nitrogen and oxygen atoms in total. The number of nitrogens with zero attached hydrogens (tertiary/aromatic N) is 3. The predicted octanol–water partition coefficient (Wildman–Crippen LogP) is 3.32. The first-order valence-corrected chi connectivity index (χ1v) is 9.36. The lowest BCUT2D eigenvalue weighted by Gasteiger charge is -2.39. The first-order valence-electron chi connectivity index (χ1n) is 9.36. The Labute approximate surface area is 161 Å². The molecule has 1 heterocycles. The molecule has 2 aromatic rings. The van der Waals surface area contributed by atoms with E-state index < -0.39 is 0 Å². The van der Waals surface area contributed by atoms with E-state index in [4.69, 9.17) is 5.26 Å². The van der Waals surface area contributed by atoms with Crippen molar-refractivity contribution in [3.8, 4) is 6.07 Å². The third-order valence-electron chi connectivity index (χ3n) is 5.42. The molecule has 5 heteroatoms. The monoisotopic (exact) mass is 362 g/mol. The van der Waals surface area contributed by atoms with Gasteiger partial charge in [0.2, 0.25) is 5.91 Å². The molecule has 1 aliphatic heterocycles. The number of carbonyl (C=O) groups excluding carboxylic acids is 1. The normalized spacial score (nSPS) is 15.9. The molecule has 0 aromatic heterocycles. The molecule has 1 fully saturated rings. The minimum atomic E-state index is -0.212. The number of hydrogen-bond acceptors (Lipinski definition) is 4. The molecule has 1 saturated heterocycles. The quantitative estimate of drug-likeness (QED) is 0.906. The van der Waals surface area contributed by atoms with E-state index in [0.29, 0.717) is 11.3 Å². The molecule has 140 valence electrons. The molecule has 3 rings (SSSR count). The number of aryl methyl sites for hydroxylation is 1. The molecule has 1 N–H and O–H groups in total. The van der Waals surface area contributed by atoms with Gasteiger partial charge in [0.1, 0.15) is 0 Å². The number of nitrogens with one attached hydrogen (secondary N) is 1. The summed E-state index contributed by atoms with van der Waals surface area (Å²) >= 11 is 0. The molecular formula is C22H26N4O. The summed E-state index contributed by atoms with van der Waals surface area (Å²) < 4.78 is 0. The topological polar surface area (TPSA) is 59.4 Å². The summed E-state index contributed by atoms with van der Waals surface area (Å²) in [5, 5.41) is 11.9. The predicted molar refractivity (Wildman–Crippen MR) is 109 cm³/mol. The lowest BCUT2D eigenvalue weighted by Crippen LogP contribution is -2.53. The molecule has 27 heavy (non-hydrogen) atoms. The third kappa shape index (κ3) is 4.29. The molecule has 1 aliphatic rings. The second-order valence-corrected chi connectivity index (χ2v) is 7.10. The van der Waals surface area contributed by atoms with Crippen molar-refractivity contribution < 1.29 is 4.79 Å². The van der Waals surface area contributed by atoms with Gasteiger partial charge in [-0.3, -0.25) is 9.69 Å². The summed E-state index contributed by atoms with van der Waals surface area (Å²) in [5.41, 5.74) is 5.14. The molecule has 2 aromatic carbocycles. The van der Waals surface area contributed by atoms with Crippen LogP contribution < -0.4 is 10.2 Å². The van der Waals surface area contributed by atoms with Gasteiger partial charge >= 0.3 is 0 Å². The second kappa shape index (κ2) is 8.24. The van der Waals surface area contributed by atoms with E-state index in [0.717, 1.165) is 26.2 Å². The zero-order valence-corrected chi connectivity index (χ0v) is 16.2. The molecule has 0 saturated carbocycles. The fourth-order valence-corrected chi connectivity index (χ4v) is 3.51. The van der Waals surface area contributed by atoms with Gasteiger partial charge in [-0.1, -0.05) is 18.2 Å². The van der Waals surface area contributed by atoms with Gasteiger partial charge in [0, 0.05) is 37.6 Å². The minimum absolute atomic E-state index is 0.0368. The molecule has 1 amide bonds. The van der Waals surface area contributed by atoms with E-state index in [-0.39, 0.29) is 11.9 Å². The second-order valence-electron chi connectivity index (χ2n) is 7.10. The summed E-state index contributed by atoms with van der Waals surface area (Å²) in [4.78, 5) is 17.2. The van der Waals surface area contributed by atoms with Crippen molar-refractivity contribution in [1.82, 2.24) is 4.90 Å². The van der Waals surface area contributed by atoms with Crippen LogP contribution in [0.25, 0.3) is 0 Å². The largest absolute Gasteiger partial charge is 0.369 e. The van der Waals surface area contributed by atoms with Crippen molar-refractivity contribution in [3.05, 3.63) is 59.2 Å². The van der Waals surface area contributed by atoms with Crippen molar-refractivity contribution in [3.63, 3.8) is 0 Å². The minimum Gasteiger partial charge on any atom is -0.369 e. The zero-order chi connectivity index (χ0) is 19.4. The van der Waals surface area contributed by atoms with Crippen molar-refractivity contribution in [2.24, 2.45) is 0 Å². The molecular weight excluding hydrogens is 336 g/mol. The summed E-state index contributed by atoms with van der Waals surface area (Å²) in [6.07, 6.45) is 0. The number of rotatable bonds is 4. The Morgan fingerprint density at radius 2 is 1.81 bits per heavy atom. The van der Waals surface area contributed by atoms with Crippen LogP contribution >= 0.6 is 0 Å². The van der Waals surface area contributed by atoms with Crippen molar-refractivity contribution in [1.29, 1.82) is 5.26 Å². The summed E-state index contributed by atoms with van der Waals surface area (Å²) in [6.45, 7) is 9.76. The molecule has 0 bridgehead atoms. The van der Waals surface area contributed by atoms with Gasteiger partial charge in [0.15, 0.2) is 0 Å². The molecule has 1 unspecified atom stereocenters. The fourth-order valence-electron chi connectivity index (χ4n) is 3.51. The Morgan fingerprint density at radius 3 is 2.52 bits per heavy atom. The average molecular weight is 362 g/mol. The maximum Gasteiger partial charge on any atom is 0.241 e. The van der Waals surface area contributed by atoms with Crippen molar-refractivity contribution in [2.45, 2.75) is 26.8 Å². The third-order valence-corrected chi connectivity index (χ3v) is 5.42. The van der Waals surface area contributed by atoms with Crippen LogP contribution in [-0.4, -0.2) is 43.0 Å². The van der Waals surface area contributed by atoms with Crippen LogP contribution in [0.1, 0.15) is 23.6 Å². The van der Waals surface area contributed by atoms with Gasteiger partial charge < -0.3 is 10.2 Å². The average Bonchev–Trinajstić information content (AvgIpc) is 2.70. The maximum atomic E-state index is 12.6. The van der Waals surface area contributed by atoms with Crippen molar-refractivity contribution in [2.75, 3.05) is 36.4 Å². The van der Waals surface area contributed by atoms with E-state index in [2.05, 4.69) is 53.2 Å². The number of piperazine rings is 1. The van der Waals surface area contributed by atoms with Crippen LogP contribution in [0.2, 0.25) is 0 Å². The smallest absolute Gasteiger partial charge is 0.241 e. The summed E-state index contributed by atoms with van der Waals surface area (Å²) in [7, 11) is 0. The van der Waals surface area contributed by atoms with Crippen LogP contribution in [-0.2, 0) is 4.79 Å². The summed E-state index contributed by atoms with van der Waals surface area (Å²) in [5.74, 6) is -0.0368. The SMILES string of the molecule is Cc1cccc(N2CCN(C(C)C(=O)Nc3cccc(C#N)c3)CC2)c1C. The van der Waals surface area contributed by atoms with E-state index in [1.807, 2.05) is 13.0 Å². The Morgan fingerprint density at radius 1 is 1.11 bits per heavy atom. The Balaban J connectivity index is 1.59. The Hall–Kier alpha value is -2.84. The van der Waals surface area contributed by atoms with E-state index in [1.54, 1.807) is 18.2 Å². The standard InChI is InChI=1S/C22H26N4O/c1-16-6-4-9-21(17(16)2)26-12-10-25(11-13-26)18(3)22(27)24-20-8-5-7-19(14-20)15-23/h4-9,14,18H,10-13H2,1-3H3,(H,24,27). The molecule has 0 aliphatic carbocycles. The van der Waals surface area contributed by atoms with Gasteiger partial charge in [-0.2, -0.15) is 5.26 Å². The zero-order valence-electron chi connectivity index (χ0n) is 16.2. The fraction of sp³-hybridized carbons (Fsp3) is 0.364.